The van der Waals surface area contributed by atoms with Gasteiger partial charge in [0, 0.05) is 28.7 Å². The summed E-state index contributed by atoms with van der Waals surface area (Å²) in [6.45, 7) is 1.78. The van der Waals surface area contributed by atoms with E-state index in [2.05, 4.69) is 0 Å². The summed E-state index contributed by atoms with van der Waals surface area (Å²) < 4.78 is 5.08. The van der Waals surface area contributed by atoms with Gasteiger partial charge in [0.25, 0.3) is 5.69 Å². The van der Waals surface area contributed by atoms with Crippen molar-refractivity contribution in [1.82, 2.24) is 0 Å². The Morgan fingerprint density at radius 2 is 1.77 bits per heavy atom. The molecule has 0 radical (unpaired) electrons. The molecule has 0 aromatic heterocycles. The Bertz CT molecular complexity index is 761. The summed E-state index contributed by atoms with van der Waals surface area (Å²) in [7, 11) is 0. The Labute approximate surface area is 155 Å². The molecule has 0 bridgehead atoms. The second-order valence-corrected chi connectivity index (χ2v) is 6.85. The summed E-state index contributed by atoms with van der Waals surface area (Å²) in [5, 5.41) is 10.6. The zero-order valence-electron chi connectivity index (χ0n) is 14.3. The lowest BCUT2D eigenvalue weighted by Gasteiger charge is -2.10. The molecule has 0 amide bonds. The van der Waals surface area contributed by atoms with Crippen molar-refractivity contribution in [3.05, 3.63) is 70.3 Å². The molecule has 0 N–H and O–H groups in total. The predicted molar refractivity (Wildman–Crippen MR) is 98.8 cm³/mol. The topological polar surface area (TPSA) is 86.5 Å². The van der Waals surface area contributed by atoms with Gasteiger partial charge in [-0.2, -0.15) is 0 Å². The van der Waals surface area contributed by atoms with Crippen molar-refractivity contribution in [2.45, 2.75) is 24.8 Å². The van der Waals surface area contributed by atoms with Gasteiger partial charge in [-0.1, -0.05) is 25.1 Å². The Hall–Kier alpha value is -2.67. The summed E-state index contributed by atoms with van der Waals surface area (Å²) >= 11 is 1.57. The molecule has 6 nitrogen and oxygen atoms in total. The van der Waals surface area contributed by atoms with E-state index in [1.54, 1.807) is 18.7 Å². The van der Waals surface area contributed by atoms with Crippen LogP contribution in [0.2, 0.25) is 0 Å². The van der Waals surface area contributed by atoms with Crippen LogP contribution in [0.15, 0.2) is 59.5 Å². The maximum absolute atomic E-state index is 12.1. The minimum absolute atomic E-state index is 0.0166. The van der Waals surface area contributed by atoms with Gasteiger partial charge in [-0.05, 0) is 29.8 Å². The Morgan fingerprint density at radius 1 is 1.12 bits per heavy atom. The number of esters is 1. The molecule has 1 atom stereocenters. The Morgan fingerprint density at radius 3 is 2.38 bits per heavy atom. The standard InChI is InChI=1S/C19H19NO5S/c1-14(13-26-17-5-3-2-4-6-17)18(21)11-19(22)25-12-15-7-9-16(10-8-15)20(23)24/h2-10,14H,11-13H2,1H3. The van der Waals surface area contributed by atoms with Crippen LogP contribution in [0.4, 0.5) is 5.69 Å². The third-order valence-corrected chi connectivity index (χ3v) is 4.93. The van der Waals surface area contributed by atoms with Crippen molar-refractivity contribution < 1.29 is 19.2 Å². The molecular weight excluding hydrogens is 354 g/mol. The zero-order chi connectivity index (χ0) is 18.9. The van der Waals surface area contributed by atoms with Crippen LogP contribution in [0.25, 0.3) is 0 Å². The van der Waals surface area contributed by atoms with E-state index >= 15 is 0 Å². The van der Waals surface area contributed by atoms with Crippen molar-refractivity contribution in [3.63, 3.8) is 0 Å². The van der Waals surface area contributed by atoms with Crippen LogP contribution in [0.1, 0.15) is 18.9 Å². The average molecular weight is 373 g/mol. The summed E-state index contributed by atoms with van der Waals surface area (Å²) in [6, 6.07) is 15.5. The molecule has 0 aliphatic heterocycles. The molecule has 2 aromatic carbocycles. The summed E-state index contributed by atoms with van der Waals surface area (Å²) in [5.41, 5.74) is 0.601. The molecule has 26 heavy (non-hydrogen) atoms. The lowest BCUT2D eigenvalue weighted by molar-refractivity contribution is -0.384. The van der Waals surface area contributed by atoms with E-state index in [1.165, 1.54) is 24.3 Å². The van der Waals surface area contributed by atoms with E-state index in [4.69, 9.17) is 4.74 Å². The quantitative estimate of drug-likeness (QED) is 0.217. The predicted octanol–water partition coefficient (Wildman–Crippen LogP) is 4.03. The monoisotopic (exact) mass is 373 g/mol. The van der Waals surface area contributed by atoms with Gasteiger partial charge >= 0.3 is 5.97 Å². The summed E-state index contributed by atoms with van der Waals surface area (Å²) in [5.74, 6) is -0.419. The van der Waals surface area contributed by atoms with E-state index in [-0.39, 0.29) is 30.4 Å². The number of non-ortho nitro benzene ring substituents is 1. The first-order valence-electron chi connectivity index (χ1n) is 8.05. The summed E-state index contributed by atoms with van der Waals surface area (Å²) in [6.07, 6.45) is -0.274. The number of thioether (sulfide) groups is 1. The van der Waals surface area contributed by atoms with E-state index in [1.807, 2.05) is 30.3 Å². The minimum atomic E-state index is -0.593. The van der Waals surface area contributed by atoms with Gasteiger partial charge in [0.2, 0.25) is 0 Å². The van der Waals surface area contributed by atoms with E-state index < -0.39 is 10.9 Å². The van der Waals surface area contributed by atoms with Crippen molar-refractivity contribution in [1.29, 1.82) is 0 Å². The van der Waals surface area contributed by atoms with Crippen molar-refractivity contribution in [2.24, 2.45) is 5.92 Å². The van der Waals surface area contributed by atoms with Gasteiger partial charge in [0.05, 0.1) is 4.92 Å². The van der Waals surface area contributed by atoms with Gasteiger partial charge in [-0.3, -0.25) is 19.7 Å². The molecular formula is C19H19NO5S. The van der Waals surface area contributed by atoms with Crippen LogP contribution in [0.3, 0.4) is 0 Å². The number of benzene rings is 2. The van der Waals surface area contributed by atoms with Gasteiger partial charge in [-0.25, -0.2) is 0 Å². The van der Waals surface area contributed by atoms with E-state index in [0.717, 1.165) is 4.90 Å². The second kappa shape index (κ2) is 9.72. The van der Waals surface area contributed by atoms with Crippen molar-refractivity contribution >= 4 is 29.2 Å². The molecule has 0 saturated carbocycles. The van der Waals surface area contributed by atoms with Crippen LogP contribution < -0.4 is 0 Å². The van der Waals surface area contributed by atoms with Gasteiger partial charge in [0.1, 0.15) is 18.8 Å². The van der Waals surface area contributed by atoms with Gasteiger partial charge in [0.15, 0.2) is 0 Å². The maximum atomic E-state index is 12.1. The summed E-state index contributed by atoms with van der Waals surface area (Å²) in [4.78, 5) is 35.1. The highest BCUT2D eigenvalue weighted by atomic mass is 32.2. The van der Waals surface area contributed by atoms with Crippen molar-refractivity contribution in [2.75, 3.05) is 5.75 Å². The maximum Gasteiger partial charge on any atom is 0.313 e. The fraction of sp³-hybridized carbons (Fsp3) is 0.263. The zero-order valence-corrected chi connectivity index (χ0v) is 15.1. The molecule has 0 spiro atoms. The smallest absolute Gasteiger partial charge is 0.313 e. The third kappa shape index (κ3) is 6.33. The molecule has 1 unspecified atom stereocenters. The number of nitrogens with zero attached hydrogens (tertiary/aromatic N) is 1. The van der Waals surface area contributed by atoms with Gasteiger partial charge < -0.3 is 4.74 Å². The highest BCUT2D eigenvalue weighted by Gasteiger charge is 2.18. The molecule has 2 aromatic rings. The molecule has 7 heteroatoms. The first kappa shape index (κ1) is 19.7. The Balaban J connectivity index is 1.74. The normalized spacial score (nSPS) is 11.6. The number of hydrogen-bond donors (Lipinski definition) is 0. The molecule has 0 aliphatic rings. The first-order valence-corrected chi connectivity index (χ1v) is 9.04. The molecule has 136 valence electrons. The van der Waals surface area contributed by atoms with Crippen LogP contribution in [-0.4, -0.2) is 22.4 Å². The Kier molecular flexibility index (Phi) is 7.35. The highest BCUT2D eigenvalue weighted by Crippen LogP contribution is 2.21. The average Bonchev–Trinajstić information content (AvgIpc) is 2.65. The number of ether oxygens (including phenoxy) is 1. The number of rotatable bonds is 9. The number of hydrogen-bond acceptors (Lipinski definition) is 6. The van der Waals surface area contributed by atoms with E-state index in [9.17, 15) is 19.7 Å². The number of ketones is 1. The first-order chi connectivity index (χ1) is 12.5. The molecule has 2 rings (SSSR count). The highest BCUT2D eigenvalue weighted by molar-refractivity contribution is 7.99. The fourth-order valence-corrected chi connectivity index (χ4v) is 3.05. The van der Waals surface area contributed by atoms with E-state index in [0.29, 0.717) is 11.3 Å². The molecule has 0 heterocycles. The number of Topliss-reactive ketones (excluding diaryl/α,β-unsaturated/α-hetero) is 1. The fourth-order valence-electron chi connectivity index (χ4n) is 2.08. The second-order valence-electron chi connectivity index (χ2n) is 5.75. The van der Waals surface area contributed by atoms with Crippen LogP contribution in [0.5, 0.6) is 0 Å². The van der Waals surface area contributed by atoms with Crippen LogP contribution in [0, 0.1) is 16.0 Å². The SMILES string of the molecule is CC(CSc1ccccc1)C(=O)CC(=O)OCc1ccc([N+](=O)[O-])cc1. The lowest BCUT2D eigenvalue weighted by Crippen LogP contribution is -2.19. The lowest BCUT2D eigenvalue weighted by atomic mass is 10.1. The number of nitro groups is 1. The van der Waals surface area contributed by atoms with Crippen molar-refractivity contribution in [3.8, 4) is 0 Å². The minimum Gasteiger partial charge on any atom is -0.460 e. The van der Waals surface area contributed by atoms with Crippen LogP contribution in [-0.2, 0) is 20.9 Å². The molecule has 0 aliphatic carbocycles. The van der Waals surface area contributed by atoms with Gasteiger partial charge in [-0.15, -0.1) is 11.8 Å². The number of carbonyl (C=O) groups excluding carboxylic acids is 2. The number of carbonyl (C=O) groups is 2. The largest absolute Gasteiger partial charge is 0.460 e. The molecule has 0 fully saturated rings. The van der Waals surface area contributed by atoms with Crippen LogP contribution >= 0.6 is 11.8 Å². The third-order valence-electron chi connectivity index (χ3n) is 3.66. The molecule has 0 saturated heterocycles. The number of nitro benzene ring substituents is 1.